The van der Waals surface area contributed by atoms with Crippen molar-refractivity contribution >= 4 is 22.4 Å². The van der Waals surface area contributed by atoms with Gasteiger partial charge in [0, 0.05) is 49.7 Å². The number of halogens is 2. The molecule has 2 aliphatic heterocycles. The molecule has 0 atom stereocenters. The highest BCUT2D eigenvalue weighted by atomic mass is 19.2. The van der Waals surface area contributed by atoms with Crippen LogP contribution in [0.15, 0.2) is 30.7 Å². The predicted octanol–water partition coefficient (Wildman–Crippen LogP) is 3.48. The quantitative estimate of drug-likeness (QED) is 0.644. The number of aromatic nitrogens is 3. The molecule has 3 aromatic rings. The molecule has 0 amide bonds. The Balaban J connectivity index is 1.46. The van der Waals surface area contributed by atoms with Gasteiger partial charge in [0.15, 0.2) is 11.6 Å². The van der Waals surface area contributed by atoms with E-state index in [0.29, 0.717) is 36.4 Å². The fraction of sp³-hybridized carbons (Fsp3) is 0.409. The van der Waals surface area contributed by atoms with Gasteiger partial charge in [0.1, 0.15) is 12.1 Å². The van der Waals surface area contributed by atoms with E-state index in [9.17, 15) is 8.78 Å². The third-order valence-corrected chi connectivity index (χ3v) is 5.77. The molecule has 156 valence electrons. The zero-order valence-electron chi connectivity index (χ0n) is 17.0. The normalized spacial score (nSPS) is 18.5. The van der Waals surface area contributed by atoms with Crippen molar-refractivity contribution in [1.82, 2.24) is 15.0 Å². The summed E-state index contributed by atoms with van der Waals surface area (Å²) in [6.45, 7) is 7.81. The number of ether oxygens (including phenoxy) is 1. The van der Waals surface area contributed by atoms with Gasteiger partial charge in [0.25, 0.3) is 0 Å². The van der Waals surface area contributed by atoms with E-state index in [0.717, 1.165) is 42.5 Å². The summed E-state index contributed by atoms with van der Waals surface area (Å²) in [5, 5.41) is 0.513. The highest BCUT2D eigenvalue weighted by Crippen LogP contribution is 2.31. The van der Waals surface area contributed by atoms with Crippen LogP contribution in [0.2, 0.25) is 0 Å². The van der Waals surface area contributed by atoms with Gasteiger partial charge in [-0.25, -0.2) is 18.7 Å². The first-order valence-electron chi connectivity index (χ1n) is 10.1. The molecule has 4 heterocycles. The Kier molecular flexibility index (Phi) is 4.54. The third-order valence-electron chi connectivity index (χ3n) is 5.77. The van der Waals surface area contributed by atoms with Gasteiger partial charge in [-0.2, -0.15) is 0 Å². The lowest BCUT2D eigenvalue weighted by Crippen LogP contribution is -2.48. The molecule has 0 radical (unpaired) electrons. The zero-order valence-corrected chi connectivity index (χ0v) is 17.0. The number of anilines is 2. The molecule has 1 saturated heterocycles. The van der Waals surface area contributed by atoms with E-state index in [1.54, 1.807) is 0 Å². The highest BCUT2D eigenvalue weighted by molar-refractivity contribution is 5.89. The van der Waals surface area contributed by atoms with Crippen molar-refractivity contribution in [3.8, 4) is 0 Å². The van der Waals surface area contributed by atoms with Crippen molar-refractivity contribution in [2.24, 2.45) is 0 Å². The summed E-state index contributed by atoms with van der Waals surface area (Å²) in [6.07, 6.45) is 4.10. The minimum absolute atomic E-state index is 0.195. The monoisotopic (exact) mass is 411 g/mol. The molecule has 0 saturated carbocycles. The summed E-state index contributed by atoms with van der Waals surface area (Å²) in [7, 11) is 0. The second-order valence-electron chi connectivity index (χ2n) is 8.48. The van der Waals surface area contributed by atoms with Crippen LogP contribution in [0.3, 0.4) is 0 Å². The number of hydrogen-bond donors (Lipinski definition) is 0. The first-order valence-corrected chi connectivity index (χ1v) is 10.1. The average Bonchev–Trinajstić information content (AvgIpc) is 2.73. The molecule has 2 aromatic heterocycles. The van der Waals surface area contributed by atoms with Crippen LogP contribution in [0.5, 0.6) is 0 Å². The van der Waals surface area contributed by atoms with Gasteiger partial charge >= 0.3 is 0 Å². The predicted molar refractivity (Wildman–Crippen MR) is 111 cm³/mol. The summed E-state index contributed by atoms with van der Waals surface area (Å²) in [5.41, 5.74) is 3.47. The van der Waals surface area contributed by atoms with Crippen LogP contribution >= 0.6 is 0 Å². The number of hydrogen-bond acceptors (Lipinski definition) is 6. The lowest BCUT2D eigenvalue weighted by Gasteiger charge is -2.39. The van der Waals surface area contributed by atoms with E-state index >= 15 is 0 Å². The van der Waals surface area contributed by atoms with Crippen molar-refractivity contribution in [3.05, 3.63) is 53.6 Å². The molecule has 30 heavy (non-hydrogen) atoms. The first kappa shape index (κ1) is 19.1. The van der Waals surface area contributed by atoms with Crippen LogP contribution in [0, 0.1) is 11.6 Å². The topological polar surface area (TPSA) is 54.4 Å². The fourth-order valence-corrected chi connectivity index (χ4v) is 4.29. The summed E-state index contributed by atoms with van der Waals surface area (Å²) >= 11 is 0. The van der Waals surface area contributed by atoms with Crippen molar-refractivity contribution < 1.29 is 13.5 Å². The second kappa shape index (κ2) is 7.12. The lowest BCUT2D eigenvalue weighted by atomic mass is 10.0. The number of morpholine rings is 1. The molecule has 0 unspecified atom stereocenters. The maximum Gasteiger partial charge on any atom is 0.161 e. The molecule has 1 aromatic carbocycles. The second-order valence-corrected chi connectivity index (χ2v) is 8.48. The molecular formula is C22H23F2N5O. The van der Waals surface area contributed by atoms with Crippen LogP contribution in [-0.4, -0.2) is 46.8 Å². The molecule has 6 nitrogen and oxygen atoms in total. The van der Waals surface area contributed by atoms with E-state index < -0.39 is 11.6 Å². The summed E-state index contributed by atoms with van der Waals surface area (Å²) in [4.78, 5) is 17.6. The first-order chi connectivity index (χ1) is 14.4. The van der Waals surface area contributed by atoms with E-state index in [1.165, 1.54) is 12.4 Å². The maximum absolute atomic E-state index is 13.9. The van der Waals surface area contributed by atoms with Crippen LogP contribution in [0.25, 0.3) is 10.9 Å². The van der Waals surface area contributed by atoms with Crippen molar-refractivity contribution in [3.63, 3.8) is 0 Å². The summed E-state index contributed by atoms with van der Waals surface area (Å²) < 4.78 is 33.3. The van der Waals surface area contributed by atoms with Gasteiger partial charge in [-0.15, -0.1) is 0 Å². The Labute approximate surface area is 173 Å². The van der Waals surface area contributed by atoms with E-state index in [4.69, 9.17) is 9.72 Å². The van der Waals surface area contributed by atoms with Gasteiger partial charge < -0.3 is 14.5 Å². The lowest BCUT2D eigenvalue weighted by molar-refractivity contribution is -0.0277. The zero-order chi connectivity index (χ0) is 20.9. The highest BCUT2D eigenvalue weighted by Gasteiger charge is 2.28. The van der Waals surface area contributed by atoms with Crippen LogP contribution < -0.4 is 9.80 Å². The number of pyridine rings is 1. The Morgan fingerprint density at radius 3 is 2.67 bits per heavy atom. The van der Waals surface area contributed by atoms with Gasteiger partial charge in [0.05, 0.1) is 29.6 Å². The minimum Gasteiger partial charge on any atom is -0.372 e. The van der Waals surface area contributed by atoms with Crippen LogP contribution in [0.4, 0.5) is 20.3 Å². The Morgan fingerprint density at radius 1 is 1.00 bits per heavy atom. The molecule has 8 heteroatoms. The van der Waals surface area contributed by atoms with Gasteiger partial charge in [-0.3, -0.25) is 4.98 Å². The number of rotatable bonds is 2. The van der Waals surface area contributed by atoms with Crippen molar-refractivity contribution in [1.29, 1.82) is 0 Å². The third kappa shape index (κ3) is 3.45. The SMILES string of the molecule is CC1(C)CN(c2cnc3c(c2)CN(c2ncnc4cc(F)c(F)cc24)CC3)CCO1. The van der Waals surface area contributed by atoms with Gasteiger partial charge in [-0.1, -0.05) is 0 Å². The van der Waals surface area contributed by atoms with Crippen molar-refractivity contribution in [2.75, 3.05) is 36.0 Å². The molecule has 5 rings (SSSR count). The molecule has 2 aliphatic rings. The number of fused-ring (bicyclic) bond motifs is 2. The largest absolute Gasteiger partial charge is 0.372 e. The Bertz CT molecular complexity index is 1120. The average molecular weight is 411 g/mol. The standard InChI is InChI=1S/C22H23F2N5O/c1-22(2)12-29(5-6-30-22)15-7-14-11-28(4-3-19(14)25-10-15)21-16-8-17(23)18(24)9-20(16)26-13-27-21/h7-10,13H,3-6,11-12H2,1-2H3. The Morgan fingerprint density at radius 2 is 1.83 bits per heavy atom. The maximum atomic E-state index is 13.9. The van der Waals surface area contributed by atoms with Crippen LogP contribution in [0.1, 0.15) is 25.1 Å². The number of nitrogens with zero attached hydrogens (tertiary/aromatic N) is 5. The van der Waals surface area contributed by atoms with Gasteiger partial charge in [-0.05, 0) is 31.5 Å². The Hall–Kier alpha value is -2.87. The van der Waals surface area contributed by atoms with Crippen LogP contribution in [-0.2, 0) is 17.7 Å². The summed E-state index contributed by atoms with van der Waals surface area (Å²) in [5.74, 6) is -1.18. The fourth-order valence-electron chi connectivity index (χ4n) is 4.29. The molecule has 0 bridgehead atoms. The molecule has 1 fully saturated rings. The van der Waals surface area contributed by atoms with E-state index in [-0.39, 0.29) is 5.60 Å². The smallest absolute Gasteiger partial charge is 0.161 e. The molecular weight excluding hydrogens is 388 g/mol. The van der Waals surface area contributed by atoms with Crippen molar-refractivity contribution in [2.45, 2.75) is 32.4 Å². The molecule has 0 spiro atoms. The van der Waals surface area contributed by atoms with E-state index in [2.05, 4.69) is 39.7 Å². The van der Waals surface area contributed by atoms with Gasteiger partial charge in [0.2, 0.25) is 0 Å². The molecule has 0 N–H and O–H groups in total. The van der Waals surface area contributed by atoms with E-state index in [1.807, 2.05) is 6.20 Å². The molecule has 0 aliphatic carbocycles. The number of benzene rings is 1. The minimum atomic E-state index is -0.904. The summed E-state index contributed by atoms with van der Waals surface area (Å²) in [6, 6.07) is 4.48.